The first kappa shape index (κ1) is 18.9. The van der Waals surface area contributed by atoms with Gasteiger partial charge in [-0.1, -0.05) is 25.1 Å². The van der Waals surface area contributed by atoms with Crippen molar-refractivity contribution in [2.75, 3.05) is 25.5 Å². The molecule has 0 saturated carbocycles. The molecule has 0 aliphatic carbocycles. The van der Waals surface area contributed by atoms with E-state index in [4.69, 9.17) is 0 Å². The summed E-state index contributed by atoms with van der Waals surface area (Å²) in [5, 5.41) is 2.93. The van der Waals surface area contributed by atoms with Crippen molar-refractivity contribution in [3.63, 3.8) is 0 Å². The van der Waals surface area contributed by atoms with Crippen LogP contribution in [-0.4, -0.2) is 41.3 Å². The van der Waals surface area contributed by atoms with Crippen molar-refractivity contribution in [1.82, 2.24) is 9.47 Å². The highest BCUT2D eigenvalue weighted by Gasteiger charge is 2.17. The first-order chi connectivity index (χ1) is 11.8. The molecular weight excluding hydrogens is 314 g/mol. The van der Waals surface area contributed by atoms with Crippen molar-refractivity contribution in [3.8, 4) is 0 Å². The number of anilines is 1. The number of amides is 1. The molecule has 0 atom stereocenters. The first-order valence-corrected chi connectivity index (χ1v) is 8.55. The van der Waals surface area contributed by atoms with Gasteiger partial charge < -0.3 is 9.88 Å². The molecule has 0 saturated heterocycles. The Kier molecular flexibility index (Phi) is 6.15. The van der Waals surface area contributed by atoms with Crippen molar-refractivity contribution in [3.05, 3.63) is 52.8 Å². The minimum absolute atomic E-state index is 0.0328. The number of likely N-dealkylation sites (N-methyl/N-ethyl adjacent to an activating group) is 1. The fourth-order valence-electron chi connectivity index (χ4n) is 2.91. The van der Waals surface area contributed by atoms with Crippen molar-refractivity contribution >= 4 is 17.4 Å². The van der Waals surface area contributed by atoms with Crippen LogP contribution in [0.3, 0.4) is 0 Å². The molecule has 25 heavy (non-hydrogen) atoms. The van der Waals surface area contributed by atoms with Gasteiger partial charge >= 0.3 is 0 Å². The molecule has 1 heterocycles. The summed E-state index contributed by atoms with van der Waals surface area (Å²) in [5.74, 6) is -0.0809. The number of carbonyl (C=O) groups excluding carboxylic acids is 2. The van der Waals surface area contributed by atoms with Gasteiger partial charge in [-0.25, -0.2) is 0 Å². The number of nitrogens with one attached hydrogen (secondary N) is 1. The zero-order valence-electron chi connectivity index (χ0n) is 15.7. The molecule has 0 spiro atoms. The lowest BCUT2D eigenvalue weighted by Gasteiger charge is -2.16. The molecule has 0 fully saturated rings. The Bertz CT molecular complexity index is 777. The van der Waals surface area contributed by atoms with E-state index in [1.54, 1.807) is 11.9 Å². The van der Waals surface area contributed by atoms with Crippen molar-refractivity contribution in [1.29, 1.82) is 0 Å². The monoisotopic (exact) mass is 341 g/mol. The quantitative estimate of drug-likeness (QED) is 0.788. The van der Waals surface area contributed by atoms with E-state index in [1.807, 2.05) is 55.8 Å². The van der Waals surface area contributed by atoms with Gasteiger partial charge in [-0.05, 0) is 45.0 Å². The average molecular weight is 341 g/mol. The predicted molar refractivity (Wildman–Crippen MR) is 101 cm³/mol. The fourth-order valence-corrected chi connectivity index (χ4v) is 2.91. The van der Waals surface area contributed by atoms with Crippen LogP contribution in [0.15, 0.2) is 30.3 Å². The largest absolute Gasteiger partial charge is 0.351 e. The average Bonchev–Trinajstić information content (AvgIpc) is 2.82. The van der Waals surface area contributed by atoms with Crippen molar-refractivity contribution in [2.45, 2.75) is 27.2 Å². The molecule has 5 heteroatoms. The summed E-state index contributed by atoms with van der Waals surface area (Å²) in [6, 6.07) is 9.68. The highest BCUT2D eigenvalue weighted by Crippen LogP contribution is 2.16. The third-order valence-corrected chi connectivity index (χ3v) is 4.57. The van der Waals surface area contributed by atoms with Crippen LogP contribution in [0.2, 0.25) is 0 Å². The van der Waals surface area contributed by atoms with E-state index in [1.165, 1.54) is 0 Å². The van der Waals surface area contributed by atoms with E-state index in [2.05, 4.69) is 12.2 Å². The second-order valence-corrected chi connectivity index (χ2v) is 6.50. The molecule has 0 aliphatic heterocycles. The number of para-hydroxylation sites is 1. The Morgan fingerprint density at radius 1 is 1.16 bits per heavy atom. The zero-order valence-corrected chi connectivity index (χ0v) is 15.7. The minimum atomic E-state index is -0.114. The smallest absolute Gasteiger partial charge is 0.238 e. The summed E-state index contributed by atoms with van der Waals surface area (Å²) in [7, 11) is 3.73. The lowest BCUT2D eigenvalue weighted by atomic mass is 10.1. The lowest BCUT2D eigenvalue weighted by molar-refractivity contribution is -0.116. The first-order valence-electron chi connectivity index (χ1n) is 8.55. The number of aromatic nitrogens is 1. The number of carbonyl (C=O) groups is 2. The third kappa shape index (κ3) is 4.57. The highest BCUT2D eigenvalue weighted by atomic mass is 16.2. The van der Waals surface area contributed by atoms with Crippen LogP contribution < -0.4 is 5.32 Å². The summed E-state index contributed by atoms with van der Waals surface area (Å²) in [5.41, 5.74) is 4.67. The van der Waals surface area contributed by atoms with E-state index in [-0.39, 0.29) is 24.8 Å². The Hall–Kier alpha value is -2.40. The molecule has 0 aliphatic rings. The fraction of sp³-hybridized carbons (Fsp3) is 0.400. The molecule has 2 aromatic rings. The number of ketones is 1. The van der Waals surface area contributed by atoms with Gasteiger partial charge in [0.05, 0.1) is 13.1 Å². The molecule has 1 aromatic heterocycles. The second kappa shape index (κ2) is 8.12. The molecule has 134 valence electrons. The van der Waals surface area contributed by atoms with Gasteiger partial charge in [0.2, 0.25) is 5.91 Å². The summed E-state index contributed by atoms with van der Waals surface area (Å²) in [4.78, 5) is 26.5. The number of nitrogens with zero attached hydrogens (tertiary/aromatic N) is 2. The van der Waals surface area contributed by atoms with Gasteiger partial charge in [-0.15, -0.1) is 0 Å². The summed E-state index contributed by atoms with van der Waals surface area (Å²) in [6.07, 6.45) is 0.859. The molecular formula is C20H27N3O2. The summed E-state index contributed by atoms with van der Waals surface area (Å²) < 4.78 is 2.00. The predicted octanol–water partition coefficient (Wildman–Crippen LogP) is 2.96. The summed E-state index contributed by atoms with van der Waals surface area (Å²) >= 11 is 0. The lowest BCUT2D eigenvalue weighted by Crippen LogP contribution is -2.34. The number of rotatable bonds is 7. The van der Waals surface area contributed by atoms with Crippen LogP contribution in [0.4, 0.5) is 5.69 Å². The maximum absolute atomic E-state index is 12.5. The zero-order chi connectivity index (χ0) is 18.6. The topological polar surface area (TPSA) is 54.3 Å². The van der Waals surface area contributed by atoms with Crippen LogP contribution in [0.5, 0.6) is 0 Å². The second-order valence-electron chi connectivity index (χ2n) is 6.50. The number of benzene rings is 1. The van der Waals surface area contributed by atoms with Crippen LogP contribution in [0.25, 0.3) is 0 Å². The van der Waals surface area contributed by atoms with E-state index < -0.39 is 0 Å². The van der Waals surface area contributed by atoms with Crippen LogP contribution in [-0.2, 0) is 18.3 Å². The van der Waals surface area contributed by atoms with Crippen LogP contribution >= 0.6 is 0 Å². The van der Waals surface area contributed by atoms with Gasteiger partial charge in [-0.3, -0.25) is 14.5 Å². The van der Waals surface area contributed by atoms with E-state index >= 15 is 0 Å². The van der Waals surface area contributed by atoms with Crippen LogP contribution in [0, 0.1) is 13.8 Å². The maximum Gasteiger partial charge on any atom is 0.238 e. The van der Waals surface area contributed by atoms with Gasteiger partial charge in [0.25, 0.3) is 0 Å². The maximum atomic E-state index is 12.5. The van der Waals surface area contributed by atoms with E-state index in [9.17, 15) is 9.59 Å². The van der Waals surface area contributed by atoms with Gasteiger partial charge in [0.1, 0.15) is 0 Å². The van der Waals surface area contributed by atoms with E-state index in [0.29, 0.717) is 0 Å². The Morgan fingerprint density at radius 3 is 2.44 bits per heavy atom. The van der Waals surface area contributed by atoms with Crippen LogP contribution in [0.1, 0.15) is 34.2 Å². The molecule has 1 aromatic carbocycles. The Labute approximate surface area is 149 Å². The molecule has 0 radical (unpaired) electrons. The van der Waals surface area contributed by atoms with Crippen molar-refractivity contribution < 1.29 is 9.59 Å². The normalized spacial score (nSPS) is 11.0. The SMILES string of the molecule is CCc1ccccc1NC(=O)CN(C)CC(=O)c1cc(C)n(C)c1C. The molecule has 0 unspecified atom stereocenters. The molecule has 1 N–H and O–H groups in total. The highest BCUT2D eigenvalue weighted by molar-refractivity contribution is 5.99. The van der Waals surface area contributed by atoms with E-state index in [0.717, 1.165) is 34.6 Å². The number of Topliss-reactive ketones (excluding diaryl/α,β-unsaturated/α-hetero) is 1. The van der Waals surface area contributed by atoms with Crippen molar-refractivity contribution in [2.24, 2.45) is 7.05 Å². The Balaban J connectivity index is 1.95. The molecule has 2 rings (SSSR count). The third-order valence-electron chi connectivity index (χ3n) is 4.57. The van der Waals surface area contributed by atoms with Gasteiger partial charge in [0.15, 0.2) is 5.78 Å². The Morgan fingerprint density at radius 2 is 1.84 bits per heavy atom. The number of hydrogen-bond acceptors (Lipinski definition) is 3. The van der Waals surface area contributed by atoms with Gasteiger partial charge in [-0.2, -0.15) is 0 Å². The molecule has 5 nitrogen and oxygen atoms in total. The number of hydrogen-bond donors (Lipinski definition) is 1. The molecule has 1 amide bonds. The van der Waals surface area contributed by atoms with Gasteiger partial charge in [0, 0.05) is 29.7 Å². The standard InChI is InChI=1S/C20H27N3O2/c1-6-16-9-7-8-10-18(16)21-20(25)13-22(4)12-19(24)17-11-14(2)23(5)15(17)3/h7-11H,6,12-13H2,1-5H3,(H,21,25). The minimum Gasteiger partial charge on any atom is -0.351 e. The number of aryl methyl sites for hydroxylation is 2. The molecule has 0 bridgehead atoms. The summed E-state index contributed by atoms with van der Waals surface area (Å²) in [6.45, 7) is 6.36.